The number of rotatable bonds is 2. The molecule has 2 unspecified atom stereocenters. The quantitative estimate of drug-likeness (QED) is 0.724. The molecule has 0 radical (unpaired) electrons. The van der Waals surface area contributed by atoms with Gasteiger partial charge in [0.1, 0.15) is 11.6 Å². The van der Waals surface area contributed by atoms with E-state index < -0.39 is 17.7 Å². The van der Waals surface area contributed by atoms with Crippen LogP contribution in [0.25, 0.3) is 0 Å². The van der Waals surface area contributed by atoms with Gasteiger partial charge in [0.15, 0.2) is 0 Å². The fourth-order valence-corrected chi connectivity index (χ4v) is 2.46. The van der Waals surface area contributed by atoms with Gasteiger partial charge in [-0.3, -0.25) is 4.90 Å². The maximum absolute atomic E-state index is 12.2. The first kappa shape index (κ1) is 15.8. The zero-order valence-corrected chi connectivity index (χ0v) is 12.7. The Morgan fingerprint density at radius 1 is 1.26 bits per heavy atom. The topological polar surface area (TPSA) is 55.8 Å². The van der Waals surface area contributed by atoms with E-state index in [-0.39, 0.29) is 11.9 Å². The molecule has 0 aromatic carbocycles. The third-order valence-corrected chi connectivity index (χ3v) is 3.37. The molecule has 0 aromatic heterocycles. The van der Waals surface area contributed by atoms with E-state index in [1.165, 1.54) is 12.0 Å². The van der Waals surface area contributed by atoms with Gasteiger partial charge in [-0.2, -0.15) is 0 Å². The van der Waals surface area contributed by atoms with E-state index in [1.807, 2.05) is 20.8 Å². The molecule has 1 heterocycles. The van der Waals surface area contributed by atoms with Gasteiger partial charge in [-0.25, -0.2) is 9.59 Å². The van der Waals surface area contributed by atoms with Gasteiger partial charge in [0, 0.05) is 6.54 Å². The third kappa shape index (κ3) is 3.85. The average Bonchev–Trinajstić information content (AvgIpc) is 2.70. The van der Waals surface area contributed by atoms with Crippen LogP contribution in [-0.2, 0) is 14.3 Å². The van der Waals surface area contributed by atoms with Crippen LogP contribution in [0, 0.1) is 11.8 Å². The molecule has 0 aromatic rings. The highest BCUT2D eigenvalue weighted by Gasteiger charge is 2.45. The Hall–Kier alpha value is -1.26. The van der Waals surface area contributed by atoms with Crippen LogP contribution in [0.5, 0.6) is 0 Å². The van der Waals surface area contributed by atoms with Crippen molar-refractivity contribution in [2.45, 2.75) is 52.7 Å². The normalized spacial score (nSPS) is 23.6. The van der Waals surface area contributed by atoms with Crippen LogP contribution < -0.4 is 0 Å². The number of hydrogen-bond donors (Lipinski definition) is 0. The Morgan fingerprint density at radius 3 is 2.26 bits per heavy atom. The van der Waals surface area contributed by atoms with Crippen LogP contribution in [0.15, 0.2) is 0 Å². The molecule has 5 heteroatoms. The van der Waals surface area contributed by atoms with Crippen LogP contribution >= 0.6 is 0 Å². The average molecular weight is 271 g/mol. The fraction of sp³-hybridized carbons (Fsp3) is 0.857. The number of carbonyl (C=O) groups excluding carboxylic acids is 2. The lowest BCUT2D eigenvalue weighted by atomic mass is 9.89. The summed E-state index contributed by atoms with van der Waals surface area (Å²) in [5.74, 6) is 0.0820. The van der Waals surface area contributed by atoms with Crippen LogP contribution in [0.4, 0.5) is 4.79 Å². The van der Waals surface area contributed by atoms with Crippen molar-refractivity contribution in [1.29, 1.82) is 0 Å². The highest BCUT2D eigenvalue weighted by atomic mass is 16.6. The zero-order chi connectivity index (χ0) is 14.8. The summed E-state index contributed by atoms with van der Waals surface area (Å²) >= 11 is 0. The van der Waals surface area contributed by atoms with E-state index in [2.05, 4.69) is 13.8 Å². The number of esters is 1. The third-order valence-electron chi connectivity index (χ3n) is 3.37. The zero-order valence-electron chi connectivity index (χ0n) is 12.7. The fourth-order valence-electron chi connectivity index (χ4n) is 2.46. The monoisotopic (exact) mass is 271 g/mol. The predicted molar refractivity (Wildman–Crippen MR) is 71.7 cm³/mol. The molecular weight excluding hydrogens is 246 g/mol. The van der Waals surface area contributed by atoms with E-state index in [4.69, 9.17) is 9.47 Å². The summed E-state index contributed by atoms with van der Waals surface area (Å²) in [6.45, 7) is 10.1. The summed E-state index contributed by atoms with van der Waals surface area (Å²) < 4.78 is 10.2. The van der Waals surface area contributed by atoms with Crippen molar-refractivity contribution in [3.8, 4) is 0 Å². The number of nitrogens with zero attached hydrogens (tertiary/aromatic N) is 1. The Bertz CT molecular complexity index is 346. The Labute approximate surface area is 115 Å². The van der Waals surface area contributed by atoms with Crippen molar-refractivity contribution in [1.82, 2.24) is 4.90 Å². The number of methoxy groups -OCH3 is 1. The van der Waals surface area contributed by atoms with Crippen molar-refractivity contribution < 1.29 is 19.1 Å². The summed E-state index contributed by atoms with van der Waals surface area (Å²) in [7, 11) is 1.35. The smallest absolute Gasteiger partial charge is 0.411 e. The van der Waals surface area contributed by atoms with Crippen molar-refractivity contribution in [3.63, 3.8) is 0 Å². The van der Waals surface area contributed by atoms with Crippen LogP contribution in [0.1, 0.15) is 41.0 Å². The second kappa shape index (κ2) is 5.80. The maximum Gasteiger partial charge on any atom is 0.411 e. The van der Waals surface area contributed by atoms with Gasteiger partial charge in [0.25, 0.3) is 0 Å². The van der Waals surface area contributed by atoms with Gasteiger partial charge in [-0.15, -0.1) is 0 Å². The van der Waals surface area contributed by atoms with E-state index >= 15 is 0 Å². The van der Waals surface area contributed by atoms with Gasteiger partial charge >= 0.3 is 12.1 Å². The first-order chi connectivity index (χ1) is 8.67. The van der Waals surface area contributed by atoms with Crippen molar-refractivity contribution >= 4 is 12.1 Å². The van der Waals surface area contributed by atoms with E-state index in [0.717, 1.165) is 6.42 Å². The van der Waals surface area contributed by atoms with Gasteiger partial charge in [-0.05, 0) is 39.0 Å². The largest absolute Gasteiger partial charge is 0.467 e. The molecule has 1 rings (SSSR count). The predicted octanol–water partition coefficient (Wildman–Crippen LogP) is 2.44. The minimum Gasteiger partial charge on any atom is -0.467 e. The highest BCUT2D eigenvalue weighted by molar-refractivity contribution is 5.82. The maximum atomic E-state index is 12.2. The summed E-state index contributed by atoms with van der Waals surface area (Å²) in [5.41, 5.74) is -0.562. The Morgan fingerprint density at radius 2 is 1.84 bits per heavy atom. The molecule has 1 aliphatic rings. The molecule has 0 saturated carbocycles. The van der Waals surface area contributed by atoms with Gasteiger partial charge in [-0.1, -0.05) is 13.8 Å². The summed E-state index contributed by atoms with van der Waals surface area (Å²) in [5, 5.41) is 0. The van der Waals surface area contributed by atoms with Crippen molar-refractivity contribution in [2.75, 3.05) is 13.7 Å². The molecule has 0 N–H and O–H groups in total. The summed E-state index contributed by atoms with van der Waals surface area (Å²) in [6.07, 6.45) is 0.363. The first-order valence-electron chi connectivity index (χ1n) is 6.75. The van der Waals surface area contributed by atoms with Crippen LogP contribution in [0.2, 0.25) is 0 Å². The van der Waals surface area contributed by atoms with Gasteiger partial charge in [0.05, 0.1) is 7.11 Å². The lowest BCUT2D eigenvalue weighted by molar-refractivity contribution is -0.147. The molecule has 0 bridgehead atoms. The molecule has 19 heavy (non-hydrogen) atoms. The molecule has 110 valence electrons. The standard InChI is InChI=1S/C14H25NO4/c1-9(2)10-7-8-15(11(10)12(16)18-6)13(17)19-14(3,4)5/h9-11H,7-8H2,1-6H3. The lowest BCUT2D eigenvalue weighted by Crippen LogP contribution is -2.46. The van der Waals surface area contributed by atoms with Gasteiger partial charge in [0.2, 0.25) is 0 Å². The molecule has 1 amide bonds. The lowest BCUT2D eigenvalue weighted by Gasteiger charge is -2.30. The Kier molecular flexibility index (Phi) is 4.82. The second-order valence-corrected chi connectivity index (χ2v) is 6.34. The minimum atomic E-state index is -0.562. The molecule has 0 aliphatic carbocycles. The number of amides is 1. The van der Waals surface area contributed by atoms with E-state index in [0.29, 0.717) is 12.5 Å². The molecule has 0 spiro atoms. The number of likely N-dealkylation sites (tertiary alicyclic amines) is 1. The number of hydrogen-bond acceptors (Lipinski definition) is 4. The SMILES string of the molecule is COC(=O)C1C(C(C)C)CCN1C(=O)OC(C)(C)C. The van der Waals surface area contributed by atoms with E-state index in [9.17, 15) is 9.59 Å². The van der Waals surface area contributed by atoms with Crippen molar-refractivity contribution in [3.05, 3.63) is 0 Å². The molecule has 5 nitrogen and oxygen atoms in total. The molecule has 1 aliphatic heterocycles. The molecule has 1 fully saturated rings. The first-order valence-corrected chi connectivity index (χ1v) is 6.75. The molecule has 2 atom stereocenters. The number of carbonyl (C=O) groups is 2. The number of ether oxygens (including phenoxy) is 2. The second-order valence-electron chi connectivity index (χ2n) is 6.34. The van der Waals surface area contributed by atoms with Gasteiger partial charge < -0.3 is 9.47 Å². The summed E-state index contributed by atoms with van der Waals surface area (Å²) in [6, 6.07) is -0.528. The van der Waals surface area contributed by atoms with Crippen LogP contribution in [0.3, 0.4) is 0 Å². The minimum absolute atomic E-state index is 0.125. The van der Waals surface area contributed by atoms with Crippen molar-refractivity contribution in [2.24, 2.45) is 11.8 Å². The molecular formula is C14H25NO4. The van der Waals surface area contributed by atoms with Crippen LogP contribution in [-0.4, -0.2) is 42.3 Å². The Balaban J connectivity index is 2.88. The van der Waals surface area contributed by atoms with E-state index in [1.54, 1.807) is 0 Å². The summed E-state index contributed by atoms with van der Waals surface area (Å²) in [4.78, 5) is 25.6. The molecule has 1 saturated heterocycles. The highest BCUT2D eigenvalue weighted by Crippen LogP contribution is 2.32.